The van der Waals surface area contributed by atoms with E-state index < -0.39 is 0 Å². The monoisotopic (exact) mass is 315 g/mol. The van der Waals surface area contributed by atoms with Crippen molar-refractivity contribution in [3.63, 3.8) is 0 Å². The summed E-state index contributed by atoms with van der Waals surface area (Å²) in [6.45, 7) is 1.07. The van der Waals surface area contributed by atoms with Gasteiger partial charge in [-0.25, -0.2) is 4.98 Å². The number of aromatic nitrogens is 3. The second-order valence-corrected chi connectivity index (χ2v) is 6.65. The van der Waals surface area contributed by atoms with Gasteiger partial charge in [-0.1, -0.05) is 0 Å². The van der Waals surface area contributed by atoms with Crippen molar-refractivity contribution in [2.45, 2.75) is 31.3 Å². The normalized spacial score (nSPS) is 26.3. The number of nitrogens with one attached hydrogen (secondary N) is 2. The van der Waals surface area contributed by atoms with Crippen LogP contribution in [0.15, 0.2) is 24.0 Å². The Morgan fingerprint density at radius 2 is 2.41 bits per heavy atom. The lowest BCUT2D eigenvalue weighted by atomic mass is 10.2. The Bertz CT molecular complexity index is 662. The van der Waals surface area contributed by atoms with E-state index in [1.54, 1.807) is 18.6 Å². The summed E-state index contributed by atoms with van der Waals surface area (Å²) in [5.41, 5.74) is 1.54. The molecule has 0 radical (unpaired) electrons. The van der Waals surface area contributed by atoms with Crippen molar-refractivity contribution in [1.82, 2.24) is 25.6 Å². The number of rotatable bonds is 4. The van der Waals surface area contributed by atoms with Crippen LogP contribution in [0.25, 0.3) is 10.7 Å². The van der Waals surface area contributed by atoms with Gasteiger partial charge >= 0.3 is 0 Å². The fourth-order valence-corrected chi connectivity index (χ4v) is 3.91. The summed E-state index contributed by atoms with van der Waals surface area (Å²) in [5, 5.41) is 9.31. The molecule has 0 spiro atoms. The molecule has 2 fully saturated rings. The van der Waals surface area contributed by atoms with Gasteiger partial charge in [0.15, 0.2) is 0 Å². The Morgan fingerprint density at radius 3 is 3.18 bits per heavy atom. The third-order valence-corrected chi connectivity index (χ3v) is 5.18. The number of thiazole rings is 1. The van der Waals surface area contributed by atoms with Crippen molar-refractivity contribution < 1.29 is 4.79 Å². The van der Waals surface area contributed by atoms with E-state index in [-0.39, 0.29) is 5.91 Å². The Balaban J connectivity index is 1.36. The third-order valence-electron chi connectivity index (χ3n) is 4.27. The highest BCUT2D eigenvalue weighted by molar-refractivity contribution is 7.13. The van der Waals surface area contributed by atoms with Crippen LogP contribution in [-0.4, -0.2) is 39.5 Å². The smallest absolute Gasteiger partial charge is 0.226 e. The average molecular weight is 315 g/mol. The van der Waals surface area contributed by atoms with Crippen molar-refractivity contribution in [3.05, 3.63) is 29.7 Å². The highest BCUT2D eigenvalue weighted by atomic mass is 32.1. The van der Waals surface area contributed by atoms with Crippen molar-refractivity contribution in [2.24, 2.45) is 5.92 Å². The first-order valence-corrected chi connectivity index (χ1v) is 8.43. The topological polar surface area (TPSA) is 79.8 Å². The number of piperidine rings is 1. The van der Waals surface area contributed by atoms with Crippen LogP contribution in [0.1, 0.15) is 18.5 Å². The van der Waals surface area contributed by atoms with Crippen molar-refractivity contribution in [1.29, 1.82) is 0 Å². The van der Waals surface area contributed by atoms with E-state index in [2.05, 4.69) is 25.6 Å². The van der Waals surface area contributed by atoms with E-state index in [9.17, 15) is 4.79 Å². The van der Waals surface area contributed by atoms with Crippen LogP contribution in [-0.2, 0) is 11.2 Å². The van der Waals surface area contributed by atoms with E-state index in [1.807, 2.05) is 5.38 Å². The highest BCUT2D eigenvalue weighted by Crippen LogP contribution is 2.38. The van der Waals surface area contributed by atoms with Gasteiger partial charge in [-0.2, -0.15) is 0 Å². The standard InChI is InChI=1S/C15H17N5OS/c21-12(20-14-10-2-1-3-18-13(10)14)6-9-8-22-15(19-9)11-7-16-4-5-17-11/h4-5,7-8,10,13-14,18H,1-3,6H2,(H,20,21). The Hall–Kier alpha value is -1.86. The molecule has 2 N–H and O–H groups in total. The maximum absolute atomic E-state index is 12.1. The molecule has 2 aromatic rings. The SMILES string of the molecule is O=C(Cc1csc(-c2cnccn2)n1)NC1C2CCCNC21. The molecule has 1 saturated carbocycles. The van der Waals surface area contributed by atoms with Gasteiger partial charge in [-0.3, -0.25) is 14.8 Å². The molecule has 1 aliphatic heterocycles. The molecule has 4 rings (SSSR count). The zero-order valence-electron chi connectivity index (χ0n) is 12.0. The lowest BCUT2D eigenvalue weighted by molar-refractivity contribution is -0.120. The molecule has 3 atom stereocenters. The summed E-state index contributed by atoms with van der Waals surface area (Å²) in [7, 11) is 0. The summed E-state index contributed by atoms with van der Waals surface area (Å²) in [5.74, 6) is 0.681. The molecule has 2 aromatic heterocycles. The van der Waals surface area contributed by atoms with Gasteiger partial charge in [0.1, 0.15) is 10.7 Å². The maximum atomic E-state index is 12.1. The predicted octanol–water partition coefficient (Wildman–Crippen LogP) is 1.01. The molecule has 22 heavy (non-hydrogen) atoms. The van der Waals surface area contributed by atoms with Gasteiger partial charge in [-0.05, 0) is 25.3 Å². The van der Waals surface area contributed by atoms with Crippen LogP contribution in [0, 0.1) is 5.92 Å². The molecule has 3 unspecified atom stereocenters. The number of hydrogen-bond donors (Lipinski definition) is 2. The van der Waals surface area contributed by atoms with Gasteiger partial charge < -0.3 is 10.6 Å². The lowest BCUT2D eigenvalue weighted by Gasteiger charge is -2.07. The molecular weight excluding hydrogens is 298 g/mol. The van der Waals surface area contributed by atoms with Gasteiger partial charge in [0.25, 0.3) is 0 Å². The highest BCUT2D eigenvalue weighted by Gasteiger charge is 2.51. The Labute approximate surface area is 132 Å². The van der Waals surface area contributed by atoms with Crippen molar-refractivity contribution in [2.75, 3.05) is 6.54 Å². The van der Waals surface area contributed by atoms with Gasteiger partial charge in [0.2, 0.25) is 5.91 Å². The first kappa shape index (κ1) is 13.8. The molecule has 0 bridgehead atoms. The molecule has 0 aromatic carbocycles. The maximum Gasteiger partial charge on any atom is 0.226 e. The molecular formula is C15H17N5OS. The van der Waals surface area contributed by atoms with Crippen LogP contribution in [0.4, 0.5) is 0 Å². The molecule has 114 valence electrons. The van der Waals surface area contributed by atoms with Crippen LogP contribution in [0.3, 0.4) is 0 Å². The minimum absolute atomic E-state index is 0.0530. The first-order valence-electron chi connectivity index (χ1n) is 7.55. The molecule has 2 aliphatic rings. The molecule has 1 saturated heterocycles. The largest absolute Gasteiger partial charge is 0.351 e. The van der Waals surface area contributed by atoms with Crippen molar-refractivity contribution in [3.8, 4) is 10.7 Å². The van der Waals surface area contributed by atoms with Crippen molar-refractivity contribution >= 4 is 17.2 Å². The number of carbonyl (C=O) groups excluding carboxylic acids is 1. The number of amides is 1. The summed E-state index contributed by atoms with van der Waals surface area (Å²) >= 11 is 1.49. The first-order chi connectivity index (χ1) is 10.8. The predicted molar refractivity (Wildman–Crippen MR) is 83.3 cm³/mol. The zero-order valence-corrected chi connectivity index (χ0v) is 12.8. The lowest BCUT2D eigenvalue weighted by Crippen LogP contribution is -2.33. The quantitative estimate of drug-likeness (QED) is 0.880. The summed E-state index contributed by atoms with van der Waals surface area (Å²) < 4.78 is 0. The fraction of sp³-hybridized carbons (Fsp3) is 0.467. The number of hydrogen-bond acceptors (Lipinski definition) is 6. The molecule has 1 aliphatic carbocycles. The second kappa shape index (κ2) is 5.73. The zero-order chi connectivity index (χ0) is 14.9. The van der Waals surface area contributed by atoms with E-state index in [0.29, 0.717) is 24.4 Å². The van der Waals surface area contributed by atoms with E-state index in [4.69, 9.17) is 0 Å². The van der Waals surface area contributed by atoms with E-state index in [1.165, 1.54) is 24.2 Å². The number of carbonyl (C=O) groups is 1. The van der Waals surface area contributed by atoms with Gasteiger partial charge in [0, 0.05) is 29.9 Å². The Morgan fingerprint density at radius 1 is 1.45 bits per heavy atom. The minimum Gasteiger partial charge on any atom is -0.351 e. The van der Waals surface area contributed by atoms with Gasteiger partial charge in [0.05, 0.1) is 18.3 Å². The van der Waals surface area contributed by atoms with E-state index >= 15 is 0 Å². The molecule has 3 heterocycles. The van der Waals surface area contributed by atoms with E-state index in [0.717, 1.165) is 22.9 Å². The van der Waals surface area contributed by atoms with Crippen LogP contribution < -0.4 is 10.6 Å². The van der Waals surface area contributed by atoms with Crippen LogP contribution in [0.5, 0.6) is 0 Å². The van der Waals surface area contributed by atoms with Gasteiger partial charge in [-0.15, -0.1) is 11.3 Å². The molecule has 6 nitrogen and oxygen atoms in total. The van der Waals surface area contributed by atoms with Crippen LogP contribution in [0.2, 0.25) is 0 Å². The Kier molecular flexibility index (Phi) is 3.59. The summed E-state index contributed by atoms with van der Waals surface area (Å²) in [6, 6.07) is 0.802. The second-order valence-electron chi connectivity index (χ2n) is 5.79. The number of nitrogens with zero attached hydrogens (tertiary/aromatic N) is 3. The summed E-state index contributed by atoms with van der Waals surface area (Å²) in [4.78, 5) is 24.9. The molecule has 7 heteroatoms. The minimum atomic E-state index is 0.0530. The average Bonchev–Trinajstić information content (AvgIpc) is 3.03. The number of fused-ring (bicyclic) bond motifs is 1. The van der Waals surface area contributed by atoms with Crippen LogP contribution >= 0.6 is 11.3 Å². The molecule has 1 amide bonds. The third kappa shape index (κ3) is 2.74. The fourth-order valence-electron chi connectivity index (χ4n) is 3.13. The summed E-state index contributed by atoms with van der Waals surface area (Å²) in [6.07, 6.45) is 7.71.